The number of anilines is 1. The molecule has 0 bridgehead atoms. The van der Waals surface area contributed by atoms with Gasteiger partial charge in [-0.15, -0.1) is 0 Å². The Kier molecular flexibility index (Phi) is 6.06. The fraction of sp³-hybridized carbons (Fsp3) is 0.552. The Hall–Kier alpha value is -2.59. The minimum absolute atomic E-state index is 0.0171. The van der Waals surface area contributed by atoms with E-state index in [-0.39, 0.29) is 22.9 Å². The van der Waals surface area contributed by atoms with E-state index in [1.807, 2.05) is 17.2 Å². The summed E-state index contributed by atoms with van der Waals surface area (Å²) in [5.74, 6) is 0.958. The molecule has 1 spiro atoms. The molecule has 40 heavy (non-hydrogen) atoms. The van der Waals surface area contributed by atoms with E-state index >= 15 is 0 Å². The Morgan fingerprint density at radius 1 is 1.15 bits per heavy atom. The molecule has 0 radical (unpaired) electrons. The van der Waals surface area contributed by atoms with Crippen LogP contribution in [0.2, 0.25) is 10.0 Å². The van der Waals surface area contributed by atoms with Gasteiger partial charge >= 0.3 is 0 Å². The Balaban J connectivity index is 1.28. The lowest BCUT2D eigenvalue weighted by atomic mass is 9.60. The van der Waals surface area contributed by atoms with E-state index in [2.05, 4.69) is 52.0 Å². The van der Waals surface area contributed by atoms with Gasteiger partial charge in [-0.25, -0.2) is 0 Å². The molecular weight excluding hydrogens is 549 g/mol. The maximum Gasteiger partial charge on any atom is 0.245 e. The molecule has 1 saturated carbocycles. The highest BCUT2D eigenvalue weighted by Gasteiger charge is 2.54. The summed E-state index contributed by atoms with van der Waals surface area (Å²) in [4.78, 5) is 18.9. The van der Waals surface area contributed by atoms with Crippen LogP contribution < -0.4 is 4.90 Å². The highest BCUT2D eigenvalue weighted by Crippen LogP contribution is 2.56. The van der Waals surface area contributed by atoms with E-state index in [0.717, 1.165) is 92.3 Å². The molecule has 11 heteroatoms. The average molecular weight is 585 g/mol. The molecule has 1 amide bonds. The smallest absolute Gasteiger partial charge is 0.245 e. The minimum Gasteiger partial charge on any atom is -0.378 e. The van der Waals surface area contributed by atoms with Gasteiger partial charge in [-0.2, -0.15) is 10.2 Å². The molecule has 0 atom stereocenters. The van der Waals surface area contributed by atoms with Crippen LogP contribution >= 0.6 is 23.2 Å². The van der Waals surface area contributed by atoms with Gasteiger partial charge in [0, 0.05) is 65.9 Å². The highest BCUT2D eigenvalue weighted by atomic mass is 35.5. The van der Waals surface area contributed by atoms with E-state index in [1.54, 1.807) is 0 Å². The van der Waals surface area contributed by atoms with E-state index < -0.39 is 0 Å². The van der Waals surface area contributed by atoms with Crippen molar-refractivity contribution in [1.29, 1.82) is 0 Å². The number of H-pyrrole nitrogens is 1. The van der Waals surface area contributed by atoms with Gasteiger partial charge in [0.05, 0.1) is 47.1 Å². The summed E-state index contributed by atoms with van der Waals surface area (Å²) in [7, 11) is 0. The van der Waals surface area contributed by atoms with Crippen molar-refractivity contribution in [2.75, 3.05) is 50.8 Å². The van der Waals surface area contributed by atoms with Gasteiger partial charge in [0.15, 0.2) is 5.82 Å². The first kappa shape index (κ1) is 26.3. The van der Waals surface area contributed by atoms with Crippen molar-refractivity contribution >= 4 is 45.8 Å². The van der Waals surface area contributed by atoms with Gasteiger partial charge in [0.2, 0.25) is 5.91 Å². The zero-order chi connectivity index (χ0) is 28.0. The number of aromatic amines is 1. The molecule has 0 unspecified atom stereocenters. The Morgan fingerprint density at radius 2 is 1.90 bits per heavy atom. The van der Waals surface area contributed by atoms with Crippen molar-refractivity contribution in [1.82, 2.24) is 29.8 Å². The number of fused-ring (bicyclic) bond motifs is 1. The number of hydrogen-bond donors (Lipinski definition) is 1. The summed E-state index contributed by atoms with van der Waals surface area (Å²) < 4.78 is 7.70. The van der Waals surface area contributed by atoms with Crippen molar-refractivity contribution in [3.63, 3.8) is 0 Å². The number of aromatic nitrogens is 4. The topological polar surface area (TPSA) is 82.5 Å². The predicted molar refractivity (Wildman–Crippen MR) is 157 cm³/mol. The number of hydrogen-bond acceptors (Lipinski definition) is 6. The normalized spacial score (nSPS) is 22.8. The third-order valence-corrected chi connectivity index (χ3v) is 10.4. The van der Waals surface area contributed by atoms with Crippen LogP contribution in [0.15, 0.2) is 24.9 Å². The number of carbonyl (C=O) groups is 1. The summed E-state index contributed by atoms with van der Waals surface area (Å²) in [6, 6.07) is 2.60. The first-order valence-corrected chi connectivity index (χ1v) is 14.8. The largest absolute Gasteiger partial charge is 0.378 e. The molecule has 3 aliphatic heterocycles. The van der Waals surface area contributed by atoms with E-state index in [4.69, 9.17) is 33.0 Å². The zero-order valence-corrected chi connectivity index (χ0v) is 24.7. The van der Waals surface area contributed by atoms with E-state index in [1.165, 1.54) is 6.08 Å². The first-order valence-electron chi connectivity index (χ1n) is 14.0. The summed E-state index contributed by atoms with van der Waals surface area (Å²) in [5.41, 5.74) is 3.84. The Morgan fingerprint density at radius 3 is 2.55 bits per heavy atom. The molecule has 3 saturated heterocycles. The molecule has 4 aliphatic rings. The number of halogens is 2. The quantitative estimate of drug-likeness (QED) is 0.439. The van der Waals surface area contributed by atoms with Crippen LogP contribution in [0.5, 0.6) is 0 Å². The lowest BCUT2D eigenvalue weighted by molar-refractivity contribution is -0.149. The number of rotatable bonds is 5. The summed E-state index contributed by atoms with van der Waals surface area (Å²) >= 11 is 13.7. The third kappa shape index (κ3) is 3.92. The maximum atomic E-state index is 12.0. The number of carbonyl (C=O) groups excluding carboxylic acids is 1. The number of piperazine rings is 1. The van der Waals surface area contributed by atoms with Gasteiger partial charge in [-0.05, 0) is 45.8 Å². The SMILES string of the molecule is C=CC(=O)N1CC2(CC(n3nc(N4CCN(C5COC5)CC4(C)C)c(-c4c(Cl)c(Cl)cc5[nH]ncc45)c3C)C2)C1. The highest BCUT2D eigenvalue weighted by molar-refractivity contribution is 6.45. The van der Waals surface area contributed by atoms with Crippen LogP contribution in [-0.4, -0.2) is 93.2 Å². The van der Waals surface area contributed by atoms with Crippen LogP contribution in [0.4, 0.5) is 5.82 Å². The number of amides is 1. The van der Waals surface area contributed by atoms with Crippen LogP contribution in [0, 0.1) is 12.3 Å². The molecule has 2 aromatic heterocycles. The second-order valence-electron chi connectivity index (χ2n) is 12.7. The molecular formula is C29H35Cl2N7O2. The molecule has 1 N–H and O–H groups in total. The molecule has 7 rings (SSSR count). The molecule has 212 valence electrons. The number of ether oxygens (including phenoxy) is 1. The molecule has 1 aliphatic carbocycles. The van der Waals surface area contributed by atoms with Crippen LogP contribution in [-0.2, 0) is 9.53 Å². The second kappa shape index (κ2) is 9.21. The van der Waals surface area contributed by atoms with E-state index in [0.29, 0.717) is 16.1 Å². The van der Waals surface area contributed by atoms with E-state index in [9.17, 15) is 4.79 Å². The standard InChI is InChI=1S/C29H35Cl2N7O2/c1-5-23(39)36-15-29(16-36)9-18(10-29)38-17(2)24(25-20-11-32-33-22(20)8-21(30)26(25)31)27(34-38)37-7-6-35(14-28(37,3)4)19-12-40-13-19/h5,8,11,18-19H,1,6-7,9-10,12-16H2,2-4H3,(H,32,33). The third-order valence-electron chi connectivity index (χ3n) is 9.57. The maximum absolute atomic E-state index is 12.0. The molecule has 9 nitrogen and oxygen atoms in total. The van der Waals surface area contributed by atoms with Crippen molar-refractivity contribution < 1.29 is 9.53 Å². The van der Waals surface area contributed by atoms with Crippen molar-refractivity contribution in [3.8, 4) is 11.1 Å². The van der Waals surface area contributed by atoms with Gasteiger partial charge in [0.25, 0.3) is 0 Å². The van der Waals surface area contributed by atoms with Crippen LogP contribution in [0.3, 0.4) is 0 Å². The summed E-state index contributed by atoms with van der Waals surface area (Å²) in [5, 5.41) is 14.7. The van der Waals surface area contributed by atoms with Crippen molar-refractivity contribution in [2.45, 2.75) is 51.2 Å². The summed E-state index contributed by atoms with van der Waals surface area (Å²) in [6.07, 6.45) is 5.23. The molecule has 3 aromatic rings. The summed E-state index contributed by atoms with van der Waals surface area (Å²) in [6.45, 7) is 16.3. The second-order valence-corrected chi connectivity index (χ2v) is 13.5. The number of likely N-dealkylation sites (tertiary alicyclic amines) is 1. The first-order chi connectivity index (χ1) is 19.1. The van der Waals surface area contributed by atoms with Gasteiger partial charge in [0.1, 0.15) is 0 Å². The number of nitrogens with zero attached hydrogens (tertiary/aromatic N) is 6. The predicted octanol–water partition coefficient (Wildman–Crippen LogP) is 4.69. The Labute approximate surface area is 244 Å². The lowest BCUT2D eigenvalue weighted by Gasteiger charge is -2.58. The molecule has 5 heterocycles. The van der Waals surface area contributed by atoms with Gasteiger partial charge in [-0.3, -0.25) is 19.5 Å². The molecule has 4 fully saturated rings. The van der Waals surface area contributed by atoms with Crippen LogP contribution in [0.1, 0.15) is 38.4 Å². The zero-order valence-electron chi connectivity index (χ0n) is 23.2. The lowest BCUT2D eigenvalue weighted by Crippen LogP contribution is -2.64. The van der Waals surface area contributed by atoms with Gasteiger partial charge in [-0.1, -0.05) is 29.8 Å². The van der Waals surface area contributed by atoms with Crippen LogP contribution in [0.25, 0.3) is 22.0 Å². The fourth-order valence-corrected chi connectivity index (χ4v) is 7.82. The fourth-order valence-electron chi connectivity index (χ4n) is 7.37. The minimum atomic E-state index is -0.158. The molecule has 1 aromatic carbocycles. The van der Waals surface area contributed by atoms with Crippen molar-refractivity contribution in [3.05, 3.63) is 40.7 Å². The number of nitrogens with one attached hydrogen (secondary N) is 1. The van der Waals surface area contributed by atoms with Crippen molar-refractivity contribution in [2.24, 2.45) is 5.41 Å². The van der Waals surface area contributed by atoms with Gasteiger partial charge < -0.3 is 14.5 Å². The monoisotopic (exact) mass is 583 g/mol. The Bertz CT molecular complexity index is 1510. The average Bonchev–Trinajstić information content (AvgIpc) is 3.41. The number of benzene rings is 1.